The van der Waals surface area contributed by atoms with Gasteiger partial charge in [0, 0.05) is 98.2 Å². The van der Waals surface area contributed by atoms with Crippen LogP contribution in [0.4, 0.5) is 28.4 Å². The highest BCUT2D eigenvalue weighted by atomic mass is 16.1. The molecule has 2 heterocycles. The first kappa shape index (κ1) is 89.3. The van der Waals surface area contributed by atoms with Crippen LogP contribution in [0.3, 0.4) is 0 Å². The average Bonchev–Trinajstić information content (AvgIpc) is 0.846. The van der Waals surface area contributed by atoms with Crippen molar-refractivity contribution in [3.63, 3.8) is 0 Å². The van der Waals surface area contributed by atoms with E-state index in [1.807, 2.05) is 12.1 Å². The van der Waals surface area contributed by atoms with Crippen molar-refractivity contribution in [3.8, 4) is 0 Å². The normalized spacial score (nSPS) is 16.2. The number of piperidine rings is 2. The lowest BCUT2D eigenvalue weighted by atomic mass is 9.91. The molecule has 3 aliphatic carbocycles. The topological polar surface area (TPSA) is 80.1 Å². The first-order valence-electron chi connectivity index (χ1n) is 40.8. The van der Waals surface area contributed by atoms with Gasteiger partial charge in [-0.15, -0.1) is 0 Å². The number of hydrogen-bond acceptors (Lipinski definition) is 8. The van der Waals surface area contributed by atoms with Gasteiger partial charge >= 0.3 is 0 Å². The van der Waals surface area contributed by atoms with Crippen molar-refractivity contribution in [3.05, 3.63) is 184 Å². The third-order valence-corrected chi connectivity index (χ3v) is 21.3. The highest BCUT2D eigenvalue weighted by molar-refractivity contribution is 5.78. The van der Waals surface area contributed by atoms with Gasteiger partial charge in [-0.3, -0.25) is 4.79 Å². The Hall–Kier alpha value is -6.09. The fourth-order valence-corrected chi connectivity index (χ4v) is 14.1. The Morgan fingerprint density at radius 3 is 1.08 bits per heavy atom. The van der Waals surface area contributed by atoms with Crippen molar-refractivity contribution < 1.29 is 4.79 Å². The molecule has 5 aromatic rings. The van der Waals surface area contributed by atoms with E-state index in [9.17, 15) is 4.79 Å². The SMILES string of the molecule is C.CC(C)=CCN(c1ccc(C(C)C)cc1)C1CCCCC1.CC(C)=CCN(c1ccc(C(C)C)cc1)C1CCN(CCC(C)(C)C)CC1.CC(C)=CCN(c1ccc(C(C)C)cc1)C1CCNCC1.CC(C)c1ccc(N)cc1.CC(C)c1ccc(NC2CCCCC2)cc1.O=C1CCCCC1. The minimum atomic E-state index is 0. The van der Waals surface area contributed by atoms with Gasteiger partial charge in [0.1, 0.15) is 5.78 Å². The largest absolute Gasteiger partial charge is 0.399 e. The fraction of sp³-hybridized carbons (Fsp3) is 0.611. The molecule has 5 aromatic carbocycles. The number of nitrogen functional groups attached to an aromatic ring is 1. The van der Waals surface area contributed by atoms with Gasteiger partial charge in [-0.2, -0.15) is 0 Å². The van der Waals surface area contributed by atoms with E-state index >= 15 is 0 Å². The number of rotatable bonds is 21. The van der Waals surface area contributed by atoms with Gasteiger partial charge in [-0.05, 0) is 255 Å². The fourth-order valence-electron chi connectivity index (χ4n) is 14.1. The number of carbonyl (C=O) groups excluding carboxylic acids is 1. The second kappa shape index (κ2) is 48.2. The van der Waals surface area contributed by atoms with E-state index in [0.717, 1.165) is 70.1 Å². The van der Waals surface area contributed by atoms with Crippen molar-refractivity contribution in [2.24, 2.45) is 5.41 Å². The molecule has 0 spiro atoms. The Labute approximate surface area is 634 Å². The first-order chi connectivity index (χ1) is 48.7. The van der Waals surface area contributed by atoms with Crippen LogP contribution in [0, 0.1) is 5.41 Å². The third kappa shape index (κ3) is 35.2. The van der Waals surface area contributed by atoms with Gasteiger partial charge in [0.25, 0.3) is 0 Å². The van der Waals surface area contributed by atoms with E-state index in [1.165, 1.54) is 190 Å². The summed E-state index contributed by atoms with van der Waals surface area (Å²) in [6.45, 7) is 51.7. The second-order valence-electron chi connectivity index (χ2n) is 33.9. The van der Waals surface area contributed by atoms with Crippen molar-refractivity contribution in [1.29, 1.82) is 0 Å². The van der Waals surface area contributed by atoms with Crippen molar-refractivity contribution in [2.45, 2.75) is 321 Å². The zero-order valence-electron chi connectivity index (χ0n) is 68.5. The molecule has 0 unspecified atom stereocenters. The molecule has 5 aliphatic rings. The lowest BCUT2D eigenvalue weighted by Crippen LogP contribution is -2.45. The molecule has 3 saturated carbocycles. The lowest BCUT2D eigenvalue weighted by Gasteiger charge is -2.40. The highest BCUT2D eigenvalue weighted by Crippen LogP contribution is 2.32. The summed E-state index contributed by atoms with van der Waals surface area (Å²) in [6.07, 6.45) is 32.4. The summed E-state index contributed by atoms with van der Waals surface area (Å²) < 4.78 is 0. The molecule has 2 aliphatic heterocycles. The van der Waals surface area contributed by atoms with Gasteiger partial charge in [-0.1, -0.05) is 238 Å². The molecule has 8 heteroatoms. The second-order valence-corrected chi connectivity index (χ2v) is 33.9. The number of ketones is 1. The molecule has 0 atom stereocenters. The number of allylic oxidation sites excluding steroid dienone is 3. The summed E-state index contributed by atoms with van der Waals surface area (Å²) in [5, 5.41) is 7.11. The number of likely N-dealkylation sites (tertiary alicyclic amines) is 1. The number of Topliss-reactive ketones (excluding diaryl/α,β-unsaturated/α-hetero) is 1. The molecular weight excluding hydrogens is 1260 g/mol. The monoisotopic (exact) mass is 1410 g/mol. The molecule has 5 fully saturated rings. The predicted molar refractivity (Wildman–Crippen MR) is 459 cm³/mol. The van der Waals surface area contributed by atoms with Crippen molar-refractivity contribution in [1.82, 2.24) is 10.2 Å². The van der Waals surface area contributed by atoms with E-state index in [0.29, 0.717) is 58.9 Å². The Bertz CT molecular complexity index is 3010. The number of hydrogen-bond donors (Lipinski definition) is 3. The third-order valence-electron chi connectivity index (χ3n) is 21.3. The number of benzene rings is 5. The molecule has 10 rings (SSSR count). The molecular formula is C95H153N7O. The molecule has 8 nitrogen and oxygen atoms in total. The van der Waals surface area contributed by atoms with Crippen LogP contribution >= 0.6 is 0 Å². The summed E-state index contributed by atoms with van der Waals surface area (Å²) in [7, 11) is 0. The summed E-state index contributed by atoms with van der Waals surface area (Å²) in [5.41, 5.74) is 23.5. The number of nitrogens with one attached hydrogen (secondary N) is 2. The molecule has 0 amide bonds. The summed E-state index contributed by atoms with van der Waals surface area (Å²) in [6, 6.07) is 47.4. The van der Waals surface area contributed by atoms with Gasteiger partial charge in [0.15, 0.2) is 0 Å². The van der Waals surface area contributed by atoms with Crippen LogP contribution in [0.15, 0.2) is 156 Å². The minimum absolute atomic E-state index is 0. The zero-order chi connectivity index (χ0) is 74.6. The van der Waals surface area contributed by atoms with E-state index in [1.54, 1.807) is 0 Å². The molecule has 103 heavy (non-hydrogen) atoms. The Balaban J connectivity index is 0.000000272. The Morgan fingerprint density at radius 1 is 0.447 bits per heavy atom. The van der Waals surface area contributed by atoms with E-state index in [4.69, 9.17) is 5.73 Å². The summed E-state index contributed by atoms with van der Waals surface area (Å²) in [5.74, 6) is 3.50. The van der Waals surface area contributed by atoms with Crippen LogP contribution in [-0.4, -0.2) is 87.2 Å². The van der Waals surface area contributed by atoms with E-state index in [-0.39, 0.29) is 7.43 Å². The Morgan fingerprint density at radius 2 is 0.757 bits per heavy atom. The van der Waals surface area contributed by atoms with E-state index in [2.05, 4.69) is 289 Å². The maximum absolute atomic E-state index is 10.5. The quantitative estimate of drug-likeness (QED) is 0.0495. The molecule has 0 radical (unpaired) electrons. The highest BCUT2D eigenvalue weighted by Gasteiger charge is 2.27. The summed E-state index contributed by atoms with van der Waals surface area (Å²) >= 11 is 0. The van der Waals surface area contributed by atoms with E-state index < -0.39 is 0 Å². The number of nitrogens with zero attached hydrogens (tertiary/aromatic N) is 4. The number of carbonyl (C=O) groups is 1. The van der Waals surface area contributed by atoms with Crippen LogP contribution in [-0.2, 0) is 4.79 Å². The maximum Gasteiger partial charge on any atom is 0.132 e. The average molecular weight is 1410 g/mol. The van der Waals surface area contributed by atoms with Gasteiger partial charge < -0.3 is 36.0 Å². The predicted octanol–water partition coefficient (Wildman–Crippen LogP) is 25.8. The van der Waals surface area contributed by atoms with Crippen molar-refractivity contribution >= 4 is 34.2 Å². The Kier molecular flexibility index (Phi) is 41.8. The molecule has 4 N–H and O–H groups in total. The van der Waals surface area contributed by atoms with Crippen LogP contribution in [0.5, 0.6) is 0 Å². The first-order valence-corrected chi connectivity index (χ1v) is 40.8. The molecule has 574 valence electrons. The van der Waals surface area contributed by atoms with Gasteiger partial charge in [-0.25, -0.2) is 0 Å². The molecule has 0 bridgehead atoms. The molecule has 2 saturated heterocycles. The molecule has 0 aromatic heterocycles. The van der Waals surface area contributed by atoms with Crippen molar-refractivity contribution in [2.75, 3.05) is 78.1 Å². The van der Waals surface area contributed by atoms with Gasteiger partial charge in [0.2, 0.25) is 0 Å². The van der Waals surface area contributed by atoms with Crippen LogP contribution in [0.25, 0.3) is 0 Å². The van der Waals surface area contributed by atoms with Crippen LogP contribution < -0.4 is 31.1 Å². The van der Waals surface area contributed by atoms with Crippen LogP contribution in [0.2, 0.25) is 0 Å². The zero-order valence-corrected chi connectivity index (χ0v) is 68.5. The number of nitrogens with two attached hydrogens (primary N) is 1. The maximum atomic E-state index is 10.5. The van der Waals surface area contributed by atoms with Gasteiger partial charge in [0.05, 0.1) is 0 Å². The smallest absolute Gasteiger partial charge is 0.132 e. The lowest BCUT2D eigenvalue weighted by molar-refractivity contribution is -0.120. The summed E-state index contributed by atoms with van der Waals surface area (Å²) in [4.78, 5) is 21.0. The van der Waals surface area contributed by atoms with Crippen LogP contribution in [0.1, 0.15) is 325 Å². The number of anilines is 5. The standard InChI is InChI=1S/C25H42N2.C20H31N.C19H30N2.C15H23N.C9H13N.C6H10O.CH4/c1-20(2)12-18-27(23-10-8-22(9-11-23)21(3)4)24-13-16-26(17-14-24)19-15-25(5,6)7;1-16(2)14-15-21(19-8-6-5-7-9-19)20-12-10-18(11-13-20)17(3)4;1-15(2)11-14-21(19-9-12-20-13-10-19)18-7-5-17(6-8-18)16(3)4;1-12(2)13-8-10-15(11-9-13)16-14-6-4-3-5-7-14;1-7(2)8-3-5-9(10)6-4-8;7-6-4-2-1-3-5-6;/h8-12,21,24H,13-19H2,1-7H3;10-14,17,19H,5-9,15H2,1-4H3;5-8,11,16,19-20H,9-10,12-14H2,1-4H3;8-12,14,16H,3-7H2,1-2H3;3-7H,10H2,1-2H3;1-5H2;1H4. The minimum Gasteiger partial charge on any atom is -0.399 e.